The van der Waals surface area contributed by atoms with E-state index in [-0.39, 0.29) is 23.7 Å². The third kappa shape index (κ3) is 2.51. The number of hydrogen-bond donors (Lipinski definition) is 6. The molecule has 0 spiro atoms. The van der Waals surface area contributed by atoms with Crippen molar-refractivity contribution in [1.29, 1.82) is 0 Å². The number of carbonyl (C=O) groups is 2. The monoisotopic (exact) mass is 524 g/mol. The average molecular weight is 524 g/mol. The van der Waals surface area contributed by atoms with Gasteiger partial charge in [-0.25, -0.2) is 0 Å². The number of nitrogens with two attached hydrogens (primary N) is 1. The normalized spacial score (nSPS) is 30.7. The molecule has 0 heterocycles. The number of rotatable bonds is 2. The topological polar surface area (TPSA) is 153 Å². The van der Waals surface area contributed by atoms with Crippen LogP contribution in [0.15, 0.2) is 41.4 Å². The second kappa shape index (κ2) is 6.82. The van der Waals surface area contributed by atoms with Crippen LogP contribution in [0, 0.1) is 15.4 Å². The molecular weight excluding hydrogens is 503 g/mol. The number of aliphatic hydroxyl groups excluding tert-OH is 2. The SMILES string of the molecule is C=C1C2=C(O)[C@]3(O)C(O)=C(C(N)=O)C(=O)[C@@H](NC)C3CC2Cc2c(I)ccc(O)c21. The van der Waals surface area contributed by atoms with E-state index in [2.05, 4.69) is 34.5 Å². The van der Waals surface area contributed by atoms with Crippen LogP contribution in [-0.4, -0.2) is 50.8 Å². The number of amides is 1. The molecule has 0 aliphatic heterocycles. The van der Waals surface area contributed by atoms with Crippen LogP contribution < -0.4 is 11.1 Å². The number of primary amides is 1. The molecular formula is C21H21IN2O6. The van der Waals surface area contributed by atoms with Gasteiger partial charge < -0.3 is 31.5 Å². The summed E-state index contributed by atoms with van der Waals surface area (Å²) in [5.41, 5.74) is 4.12. The molecule has 0 aromatic heterocycles. The molecule has 1 aromatic rings. The molecule has 8 nitrogen and oxygen atoms in total. The first-order chi connectivity index (χ1) is 14.0. The third-order valence-electron chi connectivity index (χ3n) is 6.50. The molecule has 0 saturated carbocycles. The highest BCUT2D eigenvalue weighted by Crippen LogP contribution is 2.55. The number of likely N-dealkylation sites (N-methyl/N-ethyl adjacent to an activating group) is 1. The number of carbonyl (C=O) groups excluding carboxylic acids is 2. The molecule has 9 heteroatoms. The van der Waals surface area contributed by atoms with Crippen molar-refractivity contribution in [3.63, 3.8) is 0 Å². The number of aliphatic hydroxyl groups is 3. The highest BCUT2D eigenvalue weighted by molar-refractivity contribution is 14.1. The zero-order valence-corrected chi connectivity index (χ0v) is 18.2. The Morgan fingerprint density at radius 1 is 1.30 bits per heavy atom. The lowest BCUT2D eigenvalue weighted by Crippen LogP contribution is -2.62. The van der Waals surface area contributed by atoms with Crippen molar-refractivity contribution >= 4 is 39.9 Å². The van der Waals surface area contributed by atoms with Crippen LogP contribution in [-0.2, 0) is 16.0 Å². The van der Waals surface area contributed by atoms with Gasteiger partial charge in [0.05, 0.1) is 6.04 Å². The van der Waals surface area contributed by atoms with Crippen LogP contribution in [0.5, 0.6) is 5.75 Å². The fourth-order valence-corrected chi connectivity index (χ4v) is 5.82. The summed E-state index contributed by atoms with van der Waals surface area (Å²) in [6.07, 6.45) is 0.679. The molecule has 0 fully saturated rings. The van der Waals surface area contributed by atoms with Crippen molar-refractivity contribution in [3.05, 3.63) is 56.1 Å². The lowest BCUT2D eigenvalue weighted by molar-refractivity contribution is -0.131. The van der Waals surface area contributed by atoms with Crippen LogP contribution >= 0.6 is 22.6 Å². The van der Waals surface area contributed by atoms with Gasteiger partial charge >= 0.3 is 0 Å². The summed E-state index contributed by atoms with van der Waals surface area (Å²) >= 11 is 2.16. The summed E-state index contributed by atoms with van der Waals surface area (Å²) in [5, 5.41) is 46.6. The molecule has 1 amide bonds. The van der Waals surface area contributed by atoms with Crippen molar-refractivity contribution < 1.29 is 30.0 Å². The standard InChI is InChI=1S/C21H21IN2O6/c1-7-13-8(5-9-11(22)3-4-12(25)14(7)9)6-10-16(24-2)17(26)15(20(23)29)19(28)21(10,30)18(13)27/h3-4,8,10,16,24-25,27-28,30H,1,5-6H2,2H3,(H2,23,29)/t8?,10?,16-,21-/m0/s1. The number of ketones is 1. The lowest BCUT2D eigenvalue weighted by Gasteiger charge is -2.49. The largest absolute Gasteiger partial charge is 0.508 e. The molecule has 4 atom stereocenters. The van der Waals surface area contributed by atoms with E-state index in [1.807, 2.05) is 0 Å². The Morgan fingerprint density at radius 3 is 2.57 bits per heavy atom. The van der Waals surface area contributed by atoms with Crippen molar-refractivity contribution in [2.24, 2.45) is 17.6 Å². The Morgan fingerprint density at radius 2 is 1.97 bits per heavy atom. The van der Waals surface area contributed by atoms with Gasteiger partial charge in [-0.15, -0.1) is 0 Å². The third-order valence-corrected chi connectivity index (χ3v) is 7.51. The predicted octanol–water partition coefficient (Wildman–Crippen LogP) is 1.21. The second-order valence-electron chi connectivity index (χ2n) is 7.89. The number of phenols is 1. The van der Waals surface area contributed by atoms with Crippen LogP contribution in [0.2, 0.25) is 0 Å². The number of fused-ring (bicyclic) bond motifs is 3. The molecule has 0 radical (unpaired) electrons. The van der Waals surface area contributed by atoms with Gasteiger partial charge in [-0.1, -0.05) is 6.58 Å². The van der Waals surface area contributed by atoms with E-state index in [0.717, 1.165) is 9.13 Å². The summed E-state index contributed by atoms with van der Waals surface area (Å²) in [4.78, 5) is 24.6. The van der Waals surface area contributed by atoms with Crippen molar-refractivity contribution in [2.45, 2.75) is 24.5 Å². The number of Topliss-reactive ketones (excluding diaryl/α,β-unsaturated/α-hetero) is 1. The average Bonchev–Trinajstić information content (AvgIpc) is 2.67. The van der Waals surface area contributed by atoms with Crippen LogP contribution in [0.25, 0.3) is 5.57 Å². The van der Waals surface area contributed by atoms with E-state index in [0.29, 0.717) is 17.6 Å². The number of nitrogens with one attached hydrogen (secondary N) is 1. The maximum absolute atomic E-state index is 12.8. The number of phenolic OH excluding ortho intramolecular Hbond substituents is 1. The van der Waals surface area contributed by atoms with E-state index < -0.39 is 46.3 Å². The number of allylic oxidation sites excluding steroid dienone is 2. The molecule has 0 bridgehead atoms. The lowest BCUT2D eigenvalue weighted by atomic mass is 9.59. The molecule has 3 aliphatic carbocycles. The minimum absolute atomic E-state index is 0.00667. The van der Waals surface area contributed by atoms with Gasteiger partial charge in [-0.05, 0) is 71.7 Å². The second-order valence-corrected chi connectivity index (χ2v) is 9.05. The summed E-state index contributed by atoms with van der Waals surface area (Å²) in [6.45, 7) is 4.03. The maximum atomic E-state index is 12.8. The maximum Gasteiger partial charge on any atom is 0.255 e. The molecule has 0 saturated heterocycles. The van der Waals surface area contributed by atoms with Crippen LogP contribution in [0.1, 0.15) is 17.5 Å². The number of benzene rings is 1. The first-order valence-corrected chi connectivity index (χ1v) is 10.4. The Bertz CT molecular complexity index is 1090. The minimum atomic E-state index is -2.38. The first-order valence-electron chi connectivity index (χ1n) is 9.36. The fourth-order valence-electron chi connectivity index (χ4n) is 5.15. The Labute approximate surface area is 185 Å². The van der Waals surface area contributed by atoms with Crippen molar-refractivity contribution in [3.8, 4) is 5.75 Å². The van der Waals surface area contributed by atoms with E-state index in [1.165, 1.54) is 13.1 Å². The molecule has 30 heavy (non-hydrogen) atoms. The molecule has 2 unspecified atom stereocenters. The molecule has 4 rings (SSSR count). The van der Waals surface area contributed by atoms with E-state index >= 15 is 0 Å². The van der Waals surface area contributed by atoms with E-state index in [9.17, 15) is 30.0 Å². The highest BCUT2D eigenvalue weighted by Gasteiger charge is 2.61. The van der Waals surface area contributed by atoms with Gasteiger partial charge in [0.25, 0.3) is 5.91 Å². The molecule has 158 valence electrons. The summed E-state index contributed by atoms with van der Waals surface area (Å²) < 4.78 is 0.921. The predicted molar refractivity (Wildman–Crippen MR) is 116 cm³/mol. The fraction of sp³-hybridized carbons (Fsp3) is 0.333. The van der Waals surface area contributed by atoms with Gasteiger partial charge in [0.1, 0.15) is 22.8 Å². The smallest absolute Gasteiger partial charge is 0.255 e. The molecule has 7 N–H and O–H groups in total. The zero-order chi connectivity index (χ0) is 22.1. The zero-order valence-electron chi connectivity index (χ0n) is 16.1. The van der Waals surface area contributed by atoms with E-state index in [1.54, 1.807) is 6.07 Å². The number of halogens is 1. The quantitative estimate of drug-likeness (QED) is 0.251. The molecule has 1 aromatic carbocycles. The summed E-state index contributed by atoms with van der Waals surface area (Å²) in [6, 6.07) is 2.28. The van der Waals surface area contributed by atoms with Crippen molar-refractivity contribution in [1.82, 2.24) is 5.32 Å². The minimum Gasteiger partial charge on any atom is -0.508 e. The Kier molecular flexibility index (Phi) is 4.75. The summed E-state index contributed by atoms with van der Waals surface area (Å²) in [7, 11) is 1.50. The van der Waals surface area contributed by atoms with Gasteiger partial charge in [0.15, 0.2) is 11.4 Å². The van der Waals surface area contributed by atoms with Crippen LogP contribution in [0.4, 0.5) is 0 Å². The van der Waals surface area contributed by atoms with Crippen LogP contribution in [0.3, 0.4) is 0 Å². The highest BCUT2D eigenvalue weighted by atomic mass is 127. The Balaban J connectivity index is 2.00. The first kappa shape index (κ1) is 20.9. The van der Waals surface area contributed by atoms with Gasteiger partial charge in [-0.2, -0.15) is 0 Å². The molecule has 3 aliphatic rings. The van der Waals surface area contributed by atoms with Gasteiger partial charge in [-0.3, -0.25) is 9.59 Å². The Hall–Kier alpha value is -2.37. The van der Waals surface area contributed by atoms with Crippen molar-refractivity contribution in [2.75, 3.05) is 7.05 Å². The van der Waals surface area contributed by atoms with Gasteiger partial charge in [0, 0.05) is 20.6 Å². The summed E-state index contributed by atoms with van der Waals surface area (Å²) in [5.74, 6) is -4.70. The number of hydrogen-bond acceptors (Lipinski definition) is 7. The van der Waals surface area contributed by atoms with Gasteiger partial charge in [0.2, 0.25) is 0 Å². The van der Waals surface area contributed by atoms with E-state index in [4.69, 9.17) is 5.73 Å². The number of aromatic hydroxyl groups is 1.